The number of rotatable bonds is 7. The maximum absolute atomic E-state index is 12.3. The lowest BCUT2D eigenvalue weighted by atomic mass is 10.1. The average molecular weight is 435 g/mol. The summed E-state index contributed by atoms with van der Waals surface area (Å²) < 4.78 is 5.17. The number of nitrogens with zero attached hydrogens (tertiary/aromatic N) is 1. The molecule has 0 aliphatic heterocycles. The number of ether oxygens (including phenoxy) is 1. The monoisotopic (exact) mass is 434 g/mol. The highest BCUT2D eigenvalue weighted by molar-refractivity contribution is 7.99. The maximum atomic E-state index is 12.3. The van der Waals surface area contributed by atoms with Crippen molar-refractivity contribution < 1.29 is 4.74 Å². The molecule has 1 N–H and O–H groups in total. The number of methoxy groups -OCH3 is 1. The Bertz CT molecular complexity index is 1000. The van der Waals surface area contributed by atoms with E-state index in [1.807, 2.05) is 24.3 Å². The highest BCUT2D eigenvalue weighted by atomic mass is 35.5. The van der Waals surface area contributed by atoms with Crippen LogP contribution in [0.15, 0.2) is 52.4 Å². The number of nitrogens with one attached hydrogen (secondary N) is 1. The molecule has 0 radical (unpaired) electrons. The van der Waals surface area contributed by atoms with Crippen LogP contribution in [0.3, 0.4) is 0 Å². The van der Waals surface area contributed by atoms with Crippen molar-refractivity contribution in [2.45, 2.75) is 24.9 Å². The van der Waals surface area contributed by atoms with Crippen molar-refractivity contribution in [3.63, 3.8) is 0 Å². The minimum atomic E-state index is -0.139. The highest BCUT2D eigenvalue weighted by Gasteiger charge is 2.13. The van der Waals surface area contributed by atoms with E-state index in [0.717, 1.165) is 23.5 Å². The molecular weight excluding hydrogens is 415 g/mol. The third-order valence-corrected chi connectivity index (χ3v) is 6.01. The number of thioether (sulfide) groups is 1. The van der Waals surface area contributed by atoms with Gasteiger partial charge in [-0.15, -0.1) is 0 Å². The first-order valence-corrected chi connectivity index (χ1v) is 10.5. The van der Waals surface area contributed by atoms with Gasteiger partial charge in [0.05, 0.1) is 12.8 Å². The second-order valence-corrected chi connectivity index (χ2v) is 8.16. The van der Waals surface area contributed by atoms with Gasteiger partial charge in [-0.3, -0.25) is 4.79 Å². The zero-order valence-corrected chi connectivity index (χ0v) is 17.9. The first-order valence-electron chi connectivity index (χ1n) is 8.76. The number of aromatic nitrogens is 2. The Morgan fingerprint density at radius 1 is 1.11 bits per heavy atom. The van der Waals surface area contributed by atoms with Crippen molar-refractivity contribution in [3.05, 3.63) is 85.2 Å². The third-order valence-electron chi connectivity index (χ3n) is 4.42. The number of aromatic amines is 1. The average Bonchev–Trinajstić information content (AvgIpc) is 2.69. The van der Waals surface area contributed by atoms with E-state index in [-0.39, 0.29) is 5.56 Å². The molecule has 7 heteroatoms. The van der Waals surface area contributed by atoms with Gasteiger partial charge in [-0.2, -0.15) is 0 Å². The van der Waals surface area contributed by atoms with Crippen LogP contribution in [0.1, 0.15) is 22.4 Å². The van der Waals surface area contributed by atoms with E-state index in [2.05, 4.69) is 9.97 Å². The number of hydrogen-bond acceptors (Lipinski definition) is 4. The molecule has 1 heterocycles. The predicted octanol–water partition coefficient (Wildman–Crippen LogP) is 5.32. The van der Waals surface area contributed by atoms with E-state index in [9.17, 15) is 4.79 Å². The van der Waals surface area contributed by atoms with Gasteiger partial charge < -0.3 is 9.72 Å². The molecule has 0 atom stereocenters. The molecule has 0 saturated heterocycles. The standard InChI is InChI=1S/C21H20Cl2N2O2S/c1-13-19(12-16-17(22)4-3-5-18(16)23)24-21(25-20(13)26)28-11-10-14-6-8-15(27-2)9-7-14/h3-9H,10-12H2,1-2H3,(H,24,25,26). The summed E-state index contributed by atoms with van der Waals surface area (Å²) >= 11 is 14.1. The van der Waals surface area contributed by atoms with Gasteiger partial charge in [0.1, 0.15) is 5.75 Å². The van der Waals surface area contributed by atoms with Crippen molar-refractivity contribution in [1.29, 1.82) is 0 Å². The molecule has 2 aromatic carbocycles. The summed E-state index contributed by atoms with van der Waals surface area (Å²) in [5, 5.41) is 1.74. The molecule has 0 spiro atoms. The normalized spacial score (nSPS) is 10.9. The summed E-state index contributed by atoms with van der Waals surface area (Å²) in [4.78, 5) is 19.8. The summed E-state index contributed by atoms with van der Waals surface area (Å²) in [5.41, 5.74) is 3.10. The summed E-state index contributed by atoms with van der Waals surface area (Å²) in [6.07, 6.45) is 1.28. The van der Waals surface area contributed by atoms with Crippen LogP contribution in [0.2, 0.25) is 10.0 Å². The van der Waals surface area contributed by atoms with Crippen molar-refractivity contribution in [2.24, 2.45) is 0 Å². The second kappa shape index (κ2) is 9.50. The quantitative estimate of drug-likeness (QED) is 0.403. The fourth-order valence-electron chi connectivity index (χ4n) is 2.72. The topological polar surface area (TPSA) is 55.0 Å². The van der Waals surface area contributed by atoms with E-state index in [0.29, 0.717) is 32.9 Å². The van der Waals surface area contributed by atoms with Crippen molar-refractivity contribution in [3.8, 4) is 5.75 Å². The highest BCUT2D eigenvalue weighted by Crippen LogP contribution is 2.27. The second-order valence-electron chi connectivity index (χ2n) is 6.27. The zero-order chi connectivity index (χ0) is 20.1. The number of benzene rings is 2. The van der Waals surface area contributed by atoms with Crippen LogP contribution < -0.4 is 10.3 Å². The number of halogens is 2. The minimum absolute atomic E-state index is 0.139. The van der Waals surface area contributed by atoms with E-state index < -0.39 is 0 Å². The lowest BCUT2D eigenvalue weighted by Gasteiger charge is -2.10. The molecule has 3 rings (SSSR count). The Balaban J connectivity index is 1.73. The van der Waals surface area contributed by atoms with E-state index in [1.54, 1.807) is 32.2 Å². The molecular formula is C21H20Cl2N2O2S. The van der Waals surface area contributed by atoms with Crippen LogP contribution in [-0.2, 0) is 12.8 Å². The minimum Gasteiger partial charge on any atom is -0.497 e. The van der Waals surface area contributed by atoms with Crippen molar-refractivity contribution in [1.82, 2.24) is 9.97 Å². The van der Waals surface area contributed by atoms with Gasteiger partial charge in [-0.05, 0) is 48.7 Å². The molecule has 1 aromatic heterocycles. The molecule has 3 aromatic rings. The van der Waals surface area contributed by atoms with Gasteiger partial charge in [0, 0.05) is 27.8 Å². The van der Waals surface area contributed by atoms with Crippen molar-refractivity contribution >= 4 is 35.0 Å². The largest absolute Gasteiger partial charge is 0.497 e. The number of aryl methyl sites for hydroxylation is 1. The lowest BCUT2D eigenvalue weighted by molar-refractivity contribution is 0.414. The Morgan fingerprint density at radius 3 is 2.43 bits per heavy atom. The maximum Gasteiger partial charge on any atom is 0.254 e. The summed E-state index contributed by atoms with van der Waals surface area (Å²) in [7, 11) is 1.65. The molecule has 0 unspecified atom stereocenters. The molecule has 146 valence electrons. The molecule has 0 saturated carbocycles. The van der Waals surface area contributed by atoms with Crippen LogP contribution in [0, 0.1) is 6.92 Å². The van der Waals surface area contributed by atoms with Crippen LogP contribution in [0.4, 0.5) is 0 Å². The molecule has 0 fully saturated rings. The molecule has 0 aliphatic rings. The van der Waals surface area contributed by atoms with Gasteiger partial charge in [0.15, 0.2) is 5.16 Å². The molecule has 28 heavy (non-hydrogen) atoms. The zero-order valence-electron chi connectivity index (χ0n) is 15.6. The van der Waals surface area contributed by atoms with E-state index in [4.69, 9.17) is 27.9 Å². The molecule has 0 bridgehead atoms. The molecule has 4 nitrogen and oxygen atoms in total. The summed E-state index contributed by atoms with van der Waals surface area (Å²) in [6.45, 7) is 1.76. The fraction of sp³-hybridized carbons (Fsp3) is 0.238. The van der Waals surface area contributed by atoms with Gasteiger partial charge >= 0.3 is 0 Å². The Hall–Kier alpha value is -1.95. The van der Waals surface area contributed by atoms with Crippen LogP contribution >= 0.6 is 35.0 Å². The van der Waals surface area contributed by atoms with Gasteiger partial charge in [0.2, 0.25) is 0 Å². The number of hydrogen-bond donors (Lipinski definition) is 1. The smallest absolute Gasteiger partial charge is 0.254 e. The molecule has 0 amide bonds. The van der Waals surface area contributed by atoms with Crippen molar-refractivity contribution in [2.75, 3.05) is 12.9 Å². The van der Waals surface area contributed by atoms with Crippen LogP contribution in [0.25, 0.3) is 0 Å². The van der Waals surface area contributed by atoms with Gasteiger partial charge in [-0.1, -0.05) is 53.2 Å². The summed E-state index contributed by atoms with van der Waals surface area (Å²) in [5.74, 6) is 1.63. The van der Waals surface area contributed by atoms with E-state index >= 15 is 0 Å². The van der Waals surface area contributed by atoms with Crippen LogP contribution in [-0.4, -0.2) is 22.8 Å². The number of H-pyrrole nitrogens is 1. The van der Waals surface area contributed by atoms with Gasteiger partial charge in [-0.25, -0.2) is 4.98 Å². The van der Waals surface area contributed by atoms with E-state index in [1.165, 1.54) is 17.3 Å². The SMILES string of the molecule is COc1ccc(CCSc2nc(Cc3c(Cl)cccc3Cl)c(C)c(=O)[nH]2)cc1. The fourth-order valence-corrected chi connectivity index (χ4v) is 4.12. The first-order chi connectivity index (χ1) is 13.5. The third kappa shape index (κ3) is 5.10. The Morgan fingerprint density at radius 2 is 1.79 bits per heavy atom. The summed E-state index contributed by atoms with van der Waals surface area (Å²) in [6, 6.07) is 13.3. The van der Waals surface area contributed by atoms with Gasteiger partial charge in [0.25, 0.3) is 5.56 Å². The first kappa shape index (κ1) is 20.8. The Labute approximate surface area is 178 Å². The van der Waals surface area contributed by atoms with Crippen LogP contribution in [0.5, 0.6) is 5.75 Å². The lowest BCUT2D eigenvalue weighted by Crippen LogP contribution is -2.16. The Kier molecular flexibility index (Phi) is 7.05. The predicted molar refractivity (Wildman–Crippen MR) is 116 cm³/mol. The molecule has 0 aliphatic carbocycles.